The first-order valence-corrected chi connectivity index (χ1v) is 9.27. The van der Waals surface area contributed by atoms with Gasteiger partial charge in [-0.05, 0) is 25.0 Å². The van der Waals surface area contributed by atoms with Crippen LogP contribution in [-0.2, 0) is 4.74 Å². The van der Waals surface area contributed by atoms with Crippen LogP contribution in [0.2, 0.25) is 5.02 Å². The second-order valence-corrected chi connectivity index (χ2v) is 7.18. The number of anilines is 1. The number of ether oxygens (including phenoxy) is 1. The Kier molecular flexibility index (Phi) is 6.08. The van der Waals surface area contributed by atoms with Crippen molar-refractivity contribution < 1.29 is 4.74 Å². The van der Waals surface area contributed by atoms with Crippen LogP contribution in [0.3, 0.4) is 0 Å². The van der Waals surface area contributed by atoms with Crippen molar-refractivity contribution in [1.29, 1.82) is 0 Å². The molecule has 0 radical (unpaired) electrons. The van der Waals surface area contributed by atoms with Crippen LogP contribution in [-0.4, -0.2) is 53.8 Å². The summed E-state index contributed by atoms with van der Waals surface area (Å²) < 4.78 is 6.00. The Bertz CT molecular complexity index is 511. The van der Waals surface area contributed by atoms with Crippen molar-refractivity contribution in [1.82, 2.24) is 9.88 Å². The first-order chi connectivity index (χ1) is 11.2. The van der Waals surface area contributed by atoms with E-state index in [1.54, 1.807) is 6.20 Å². The number of aromatic nitrogens is 1. The summed E-state index contributed by atoms with van der Waals surface area (Å²) in [6.45, 7) is 4.31. The van der Waals surface area contributed by atoms with Crippen molar-refractivity contribution in [3.63, 3.8) is 0 Å². The highest BCUT2D eigenvalue weighted by molar-refractivity contribution is 7.80. The molecule has 0 spiro atoms. The van der Waals surface area contributed by atoms with Gasteiger partial charge in [-0.15, -0.1) is 0 Å². The van der Waals surface area contributed by atoms with Gasteiger partial charge in [0.1, 0.15) is 10.8 Å². The van der Waals surface area contributed by atoms with Gasteiger partial charge in [0.05, 0.1) is 17.7 Å². The molecule has 1 aliphatic carbocycles. The number of piperazine rings is 1. The second kappa shape index (κ2) is 8.27. The Morgan fingerprint density at radius 1 is 1.17 bits per heavy atom. The predicted octanol–water partition coefficient (Wildman–Crippen LogP) is 3.53. The Labute approximate surface area is 148 Å². The van der Waals surface area contributed by atoms with Crippen LogP contribution < -0.4 is 4.90 Å². The number of hydrogen-bond acceptors (Lipinski definition) is 4. The van der Waals surface area contributed by atoms with Crippen LogP contribution in [0.25, 0.3) is 0 Å². The summed E-state index contributed by atoms with van der Waals surface area (Å²) in [5, 5.41) is 0.674. The van der Waals surface area contributed by atoms with Gasteiger partial charge in [-0.3, -0.25) is 0 Å². The second-order valence-electron chi connectivity index (χ2n) is 6.27. The summed E-state index contributed by atoms with van der Waals surface area (Å²) in [5.74, 6) is 0.985. The fourth-order valence-electron chi connectivity index (χ4n) is 3.25. The summed E-state index contributed by atoms with van der Waals surface area (Å²) in [6, 6.07) is 3.86. The van der Waals surface area contributed by atoms with Crippen LogP contribution in [0.5, 0.6) is 0 Å². The lowest BCUT2D eigenvalue weighted by atomic mass is 9.98. The Hall–Kier alpha value is -0.910. The molecular formula is C17H24ClN3OS. The average molecular weight is 354 g/mol. The van der Waals surface area contributed by atoms with E-state index in [2.05, 4.69) is 14.8 Å². The number of hydrogen-bond donors (Lipinski definition) is 0. The van der Waals surface area contributed by atoms with Crippen molar-refractivity contribution in [3.05, 3.63) is 23.4 Å². The fraction of sp³-hybridized carbons (Fsp3) is 0.647. The summed E-state index contributed by atoms with van der Waals surface area (Å²) in [5.41, 5.74) is 0. The van der Waals surface area contributed by atoms with Gasteiger partial charge in [0, 0.05) is 32.4 Å². The molecule has 0 aromatic carbocycles. The molecule has 0 atom stereocenters. The zero-order valence-electron chi connectivity index (χ0n) is 13.4. The Morgan fingerprint density at radius 2 is 1.91 bits per heavy atom. The third kappa shape index (κ3) is 4.78. The van der Waals surface area contributed by atoms with Gasteiger partial charge >= 0.3 is 0 Å². The molecule has 1 saturated carbocycles. The molecule has 126 valence electrons. The summed E-state index contributed by atoms with van der Waals surface area (Å²) in [4.78, 5) is 9.87. The molecule has 2 aliphatic rings. The van der Waals surface area contributed by atoms with E-state index in [0.717, 1.165) is 37.0 Å². The SMILES string of the molecule is S=C(COC1CCCCC1)N1CCN(c2ccc(Cl)cn2)CC1. The van der Waals surface area contributed by atoms with Gasteiger partial charge < -0.3 is 14.5 Å². The van der Waals surface area contributed by atoms with Crippen LogP contribution >= 0.6 is 23.8 Å². The molecule has 0 bridgehead atoms. The summed E-state index contributed by atoms with van der Waals surface area (Å²) >= 11 is 11.5. The lowest BCUT2D eigenvalue weighted by Crippen LogP contribution is -2.49. The number of halogens is 1. The van der Waals surface area contributed by atoms with E-state index in [-0.39, 0.29) is 0 Å². The van der Waals surface area contributed by atoms with Crippen LogP contribution in [0.4, 0.5) is 5.82 Å². The quantitative estimate of drug-likeness (QED) is 0.772. The van der Waals surface area contributed by atoms with Gasteiger partial charge in [-0.25, -0.2) is 4.98 Å². The first-order valence-electron chi connectivity index (χ1n) is 8.48. The maximum Gasteiger partial charge on any atom is 0.128 e. The highest BCUT2D eigenvalue weighted by atomic mass is 35.5. The number of rotatable bonds is 4. The Morgan fingerprint density at radius 3 is 2.57 bits per heavy atom. The molecule has 1 aromatic heterocycles. The van der Waals surface area contributed by atoms with Crippen molar-refractivity contribution >= 4 is 34.6 Å². The summed E-state index contributed by atoms with van der Waals surface area (Å²) in [7, 11) is 0. The zero-order valence-corrected chi connectivity index (χ0v) is 15.0. The highest BCUT2D eigenvalue weighted by Crippen LogP contribution is 2.21. The molecule has 2 fully saturated rings. The van der Waals surface area contributed by atoms with Gasteiger partial charge in [0.25, 0.3) is 0 Å². The van der Waals surface area contributed by atoms with Crippen LogP contribution in [0.15, 0.2) is 18.3 Å². The van der Waals surface area contributed by atoms with E-state index in [4.69, 9.17) is 28.6 Å². The number of nitrogens with zero attached hydrogens (tertiary/aromatic N) is 3. The minimum atomic E-state index is 0.418. The number of thiocarbonyl (C=S) groups is 1. The molecule has 6 heteroatoms. The van der Waals surface area contributed by atoms with Crippen molar-refractivity contribution in [2.24, 2.45) is 0 Å². The molecule has 0 amide bonds. The summed E-state index contributed by atoms with van der Waals surface area (Å²) in [6.07, 6.45) is 8.45. The molecule has 3 rings (SSSR count). The maximum absolute atomic E-state index is 6.00. The molecule has 1 saturated heterocycles. The van der Waals surface area contributed by atoms with Crippen molar-refractivity contribution in [2.75, 3.05) is 37.7 Å². The third-order valence-corrected chi connectivity index (χ3v) is 5.26. The van der Waals surface area contributed by atoms with Crippen LogP contribution in [0, 0.1) is 0 Å². The van der Waals surface area contributed by atoms with Gasteiger partial charge in [0.15, 0.2) is 0 Å². The Balaban J connectivity index is 1.42. The minimum Gasteiger partial charge on any atom is -0.371 e. The third-order valence-electron chi connectivity index (χ3n) is 4.66. The topological polar surface area (TPSA) is 28.6 Å². The number of pyridine rings is 1. The minimum absolute atomic E-state index is 0.418. The van der Waals surface area contributed by atoms with E-state index < -0.39 is 0 Å². The van der Waals surface area contributed by atoms with E-state index in [0.29, 0.717) is 17.7 Å². The van der Waals surface area contributed by atoms with E-state index >= 15 is 0 Å². The largest absolute Gasteiger partial charge is 0.371 e. The molecule has 2 heterocycles. The monoisotopic (exact) mass is 353 g/mol. The average Bonchev–Trinajstić information content (AvgIpc) is 2.61. The molecule has 4 nitrogen and oxygen atoms in total. The van der Waals surface area contributed by atoms with Gasteiger partial charge in [-0.1, -0.05) is 43.1 Å². The smallest absolute Gasteiger partial charge is 0.128 e. The standard InChI is InChI=1S/C17H24ClN3OS/c18-14-6-7-16(19-12-14)20-8-10-21(11-9-20)17(23)13-22-15-4-2-1-3-5-15/h6-7,12,15H,1-5,8-11,13H2. The lowest BCUT2D eigenvalue weighted by Gasteiger charge is -2.37. The molecule has 23 heavy (non-hydrogen) atoms. The fourth-order valence-corrected chi connectivity index (χ4v) is 3.61. The van der Waals surface area contributed by atoms with E-state index in [1.165, 1.54) is 32.1 Å². The lowest BCUT2D eigenvalue weighted by molar-refractivity contribution is 0.0497. The van der Waals surface area contributed by atoms with Gasteiger partial charge in [-0.2, -0.15) is 0 Å². The molecule has 0 N–H and O–H groups in total. The van der Waals surface area contributed by atoms with Crippen LogP contribution in [0.1, 0.15) is 32.1 Å². The normalized spacial score (nSPS) is 19.9. The predicted molar refractivity (Wildman–Crippen MR) is 98.5 cm³/mol. The van der Waals surface area contributed by atoms with Gasteiger partial charge in [0.2, 0.25) is 0 Å². The maximum atomic E-state index is 6.00. The van der Waals surface area contributed by atoms with E-state index in [1.807, 2.05) is 12.1 Å². The molecule has 0 unspecified atom stereocenters. The highest BCUT2D eigenvalue weighted by Gasteiger charge is 2.21. The first kappa shape index (κ1) is 16.9. The van der Waals surface area contributed by atoms with Crippen molar-refractivity contribution in [2.45, 2.75) is 38.2 Å². The molecule has 1 aliphatic heterocycles. The van der Waals surface area contributed by atoms with Crippen molar-refractivity contribution in [3.8, 4) is 0 Å². The zero-order chi connectivity index (χ0) is 16.1. The van der Waals surface area contributed by atoms with E-state index in [9.17, 15) is 0 Å². The molecule has 1 aromatic rings. The molecular weight excluding hydrogens is 330 g/mol.